The molecule has 0 aliphatic heterocycles. The van der Waals surface area contributed by atoms with Gasteiger partial charge in [0.1, 0.15) is 6.54 Å². The summed E-state index contributed by atoms with van der Waals surface area (Å²) in [5.41, 5.74) is 0. The van der Waals surface area contributed by atoms with Crippen LogP contribution in [0.1, 0.15) is 0 Å². The zero-order chi connectivity index (χ0) is 9.68. The predicted molar refractivity (Wildman–Crippen MR) is 51.1 cm³/mol. The molecule has 0 aliphatic rings. The molecule has 68 valence electrons. The summed E-state index contributed by atoms with van der Waals surface area (Å²) in [6.45, 7) is 0.168. The Morgan fingerprint density at radius 2 is 2.08 bits per heavy atom. The molecule has 0 bridgehead atoms. The van der Waals surface area contributed by atoms with Gasteiger partial charge >= 0.3 is 0 Å². The molecule has 1 atom stereocenters. The van der Waals surface area contributed by atoms with E-state index in [1.54, 1.807) is 19.2 Å². The average Bonchev–Trinajstić information content (AvgIpc) is 2.18. The molecule has 1 aromatic carbocycles. The van der Waals surface area contributed by atoms with Gasteiger partial charge in [-0.15, -0.1) is 4.31 Å². The maximum atomic E-state index is 11.6. The molecule has 0 saturated heterocycles. The molecular formula is C9H10N2OS. The summed E-state index contributed by atoms with van der Waals surface area (Å²) in [5, 5.41) is 8.41. The Morgan fingerprint density at radius 1 is 1.46 bits per heavy atom. The maximum Gasteiger partial charge on any atom is 0.174 e. The first-order chi connectivity index (χ1) is 6.25. The Bertz CT molecular complexity index is 296. The summed E-state index contributed by atoms with van der Waals surface area (Å²) in [5.74, 6) is 0. The van der Waals surface area contributed by atoms with Crippen molar-refractivity contribution >= 4 is 11.4 Å². The highest BCUT2D eigenvalue weighted by Gasteiger charge is 2.16. The second kappa shape index (κ2) is 4.87. The molecule has 0 heterocycles. The van der Waals surface area contributed by atoms with Crippen LogP contribution in [0.15, 0.2) is 35.2 Å². The molecule has 1 unspecified atom stereocenters. The van der Waals surface area contributed by atoms with Gasteiger partial charge in [0.2, 0.25) is 0 Å². The highest BCUT2D eigenvalue weighted by atomic mass is 32.2. The summed E-state index contributed by atoms with van der Waals surface area (Å²) in [6.07, 6.45) is 0. The standard InChI is InChI=1S/C9H10N2OS/c1-11(8-7-10)13(12)9-5-3-2-4-6-9/h2-6H,8H2,1H3. The zero-order valence-electron chi connectivity index (χ0n) is 7.30. The summed E-state index contributed by atoms with van der Waals surface area (Å²) < 4.78 is 13.1. The van der Waals surface area contributed by atoms with Crippen LogP contribution in [-0.4, -0.2) is 22.5 Å². The van der Waals surface area contributed by atoms with Crippen LogP contribution in [0.25, 0.3) is 0 Å². The molecule has 0 aliphatic carbocycles. The Labute approximate surface area is 80.9 Å². The molecule has 4 heteroatoms. The van der Waals surface area contributed by atoms with Crippen molar-refractivity contribution in [3.63, 3.8) is 0 Å². The van der Waals surface area contributed by atoms with Crippen molar-refractivity contribution in [2.24, 2.45) is 0 Å². The zero-order valence-corrected chi connectivity index (χ0v) is 8.12. The van der Waals surface area contributed by atoms with Gasteiger partial charge < -0.3 is 4.55 Å². The van der Waals surface area contributed by atoms with Crippen molar-refractivity contribution in [3.05, 3.63) is 30.3 Å². The molecular weight excluding hydrogens is 184 g/mol. The van der Waals surface area contributed by atoms with E-state index in [0.29, 0.717) is 0 Å². The Balaban J connectivity index is 2.69. The Morgan fingerprint density at radius 3 is 2.62 bits per heavy atom. The topological polar surface area (TPSA) is 50.1 Å². The Kier molecular flexibility index (Phi) is 3.77. The van der Waals surface area contributed by atoms with Crippen LogP contribution in [0.4, 0.5) is 0 Å². The Hall–Kier alpha value is -1.02. The molecule has 0 amide bonds. The van der Waals surface area contributed by atoms with E-state index in [1.807, 2.05) is 24.3 Å². The lowest BCUT2D eigenvalue weighted by Crippen LogP contribution is -2.27. The van der Waals surface area contributed by atoms with Gasteiger partial charge in [-0.25, -0.2) is 0 Å². The predicted octanol–water partition coefficient (Wildman–Crippen LogP) is 1.16. The third kappa shape index (κ3) is 2.74. The minimum Gasteiger partial charge on any atom is -0.593 e. The van der Waals surface area contributed by atoms with Crippen molar-refractivity contribution in [2.75, 3.05) is 13.6 Å². The lowest BCUT2D eigenvalue weighted by atomic mass is 10.4. The third-order valence-corrected chi connectivity index (χ3v) is 2.89. The fourth-order valence-electron chi connectivity index (χ4n) is 0.875. The summed E-state index contributed by atoms with van der Waals surface area (Å²) in [4.78, 5) is 0.722. The molecule has 0 N–H and O–H groups in total. The van der Waals surface area contributed by atoms with Crippen LogP contribution in [-0.2, 0) is 11.4 Å². The summed E-state index contributed by atoms with van der Waals surface area (Å²) in [7, 11) is 1.66. The van der Waals surface area contributed by atoms with E-state index in [1.165, 1.54) is 4.31 Å². The van der Waals surface area contributed by atoms with Gasteiger partial charge in [0.25, 0.3) is 0 Å². The number of hydrogen-bond acceptors (Lipinski definition) is 3. The van der Waals surface area contributed by atoms with E-state index < -0.39 is 11.4 Å². The lowest BCUT2D eigenvalue weighted by Gasteiger charge is -2.16. The second-order valence-corrected chi connectivity index (χ2v) is 4.10. The number of nitriles is 1. The normalized spacial score (nSPS) is 12.5. The van der Waals surface area contributed by atoms with Gasteiger partial charge in [-0.3, -0.25) is 0 Å². The second-order valence-electron chi connectivity index (χ2n) is 2.51. The number of nitrogens with zero attached hydrogens (tertiary/aromatic N) is 2. The van der Waals surface area contributed by atoms with Crippen LogP contribution >= 0.6 is 0 Å². The van der Waals surface area contributed by atoms with E-state index in [9.17, 15) is 4.55 Å². The average molecular weight is 194 g/mol. The largest absolute Gasteiger partial charge is 0.593 e. The van der Waals surface area contributed by atoms with Crippen molar-refractivity contribution in [1.82, 2.24) is 4.31 Å². The minimum absolute atomic E-state index is 0.168. The molecule has 1 rings (SSSR count). The number of benzene rings is 1. The molecule has 13 heavy (non-hydrogen) atoms. The van der Waals surface area contributed by atoms with Crippen molar-refractivity contribution in [2.45, 2.75) is 4.90 Å². The SMILES string of the molecule is CN(CC#N)[S+]([O-])c1ccccc1. The first kappa shape index (κ1) is 10.1. The first-order valence-corrected chi connectivity index (χ1v) is 4.91. The van der Waals surface area contributed by atoms with Crippen LogP contribution < -0.4 is 0 Å². The molecule has 1 aromatic rings. The van der Waals surface area contributed by atoms with Crippen LogP contribution in [0.3, 0.4) is 0 Å². The third-order valence-electron chi connectivity index (χ3n) is 1.52. The van der Waals surface area contributed by atoms with Gasteiger partial charge in [-0.1, -0.05) is 18.2 Å². The van der Waals surface area contributed by atoms with E-state index in [0.717, 1.165) is 4.90 Å². The number of hydrogen-bond donors (Lipinski definition) is 0. The van der Waals surface area contributed by atoms with Crippen molar-refractivity contribution in [3.8, 4) is 6.07 Å². The quantitative estimate of drug-likeness (QED) is 0.536. The van der Waals surface area contributed by atoms with Crippen LogP contribution in [0, 0.1) is 11.3 Å². The van der Waals surface area contributed by atoms with Gasteiger partial charge in [-0.05, 0) is 12.1 Å². The number of rotatable bonds is 3. The summed E-state index contributed by atoms with van der Waals surface area (Å²) >= 11 is -1.22. The van der Waals surface area contributed by atoms with Crippen molar-refractivity contribution in [1.29, 1.82) is 5.26 Å². The van der Waals surface area contributed by atoms with Crippen LogP contribution in [0.5, 0.6) is 0 Å². The first-order valence-electron chi connectivity index (χ1n) is 3.80. The maximum absolute atomic E-state index is 11.6. The molecule has 0 fully saturated rings. The van der Waals surface area contributed by atoms with Gasteiger partial charge in [-0.2, -0.15) is 5.26 Å². The van der Waals surface area contributed by atoms with E-state index in [2.05, 4.69) is 0 Å². The molecule has 3 nitrogen and oxygen atoms in total. The van der Waals surface area contributed by atoms with Crippen LogP contribution in [0.2, 0.25) is 0 Å². The van der Waals surface area contributed by atoms with E-state index in [-0.39, 0.29) is 6.54 Å². The van der Waals surface area contributed by atoms with Crippen molar-refractivity contribution < 1.29 is 4.55 Å². The summed E-state index contributed by atoms with van der Waals surface area (Å²) in [6, 6.07) is 11.0. The molecule has 0 aromatic heterocycles. The van der Waals surface area contributed by atoms with Gasteiger partial charge in [0, 0.05) is 7.05 Å². The fraction of sp³-hybridized carbons (Fsp3) is 0.222. The minimum atomic E-state index is -1.22. The fourth-order valence-corrected chi connectivity index (χ4v) is 1.80. The lowest BCUT2D eigenvalue weighted by molar-refractivity contribution is 0.501. The van der Waals surface area contributed by atoms with Gasteiger partial charge in [0.05, 0.1) is 17.4 Å². The van der Waals surface area contributed by atoms with E-state index >= 15 is 0 Å². The molecule has 0 radical (unpaired) electrons. The van der Waals surface area contributed by atoms with Gasteiger partial charge in [0.15, 0.2) is 4.90 Å². The highest BCUT2D eigenvalue weighted by Crippen LogP contribution is 2.12. The van der Waals surface area contributed by atoms with E-state index in [4.69, 9.17) is 5.26 Å². The monoisotopic (exact) mass is 194 g/mol. The highest BCUT2D eigenvalue weighted by molar-refractivity contribution is 7.89. The molecule has 0 saturated carbocycles. The molecule has 0 spiro atoms. The smallest absolute Gasteiger partial charge is 0.174 e.